The van der Waals surface area contributed by atoms with E-state index in [9.17, 15) is 13.2 Å². The van der Waals surface area contributed by atoms with Crippen LogP contribution in [0.1, 0.15) is 81.1 Å². The van der Waals surface area contributed by atoms with Crippen LogP contribution in [0.4, 0.5) is 11.6 Å². The largest absolute Gasteiger partial charge is 0.477 e. The molecule has 2 aliphatic heterocycles. The second-order valence-corrected chi connectivity index (χ2v) is 18.0. The highest BCUT2D eigenvalue weighted by molar-refractivity contribution is 7.90. The van der Waals surface area contributed by atoms with E-state index in [2.05, 4.69) is 58.0 Å². The molecule has 4 aromatic rings. The van der Waals surface area contributed by atoms with Gasteiger partial charge in [0.2, 0.25) is 5.88 Å². The van der Waals surface area contributed by atoms with Crippen LogP contribution in [0.5, 0.6) is 5.88 Å². The second kappa shape index (κ2) is 12.3. The zero-order chi connectivity index (χ0) is 35.7. The number of nitrogens with one attached hydrogen (secondary N) is 2. The van der Waals surface area contributed by atoms with Crippen molar-refractivity contribution in [3.63, 3.8) is 0 Å². The van der Waals surface area contributed by atoms with Gasteiger partial charge in [-0.15, -0.1) is 5.10 Å². The van der Waals surface area contributed by atoms with Crippen molar-refractivity contribution >= 4 is 27.6 Å². The number of aryl methyl sites for hydroxylation is 1. The molecule has 3 aromatic heterocycles. The maximum Gasteiger partial charge on any atom is 0.281 e. The van der Waals surface area contributed by atoms with Gasteiger partial charge in [0.15, 0.2) is 10.8 Å². The molecular formula is C40H47N7O4S. The number of nitrogens with zero attached hydrogens (tertiary/aromatic N) is 5. The van der Waals surface area contributed by atoms with Gasteiger partial charge in [-0.25, -0.2) is 19.4 Å². The highest BCUT2D eigenvalue weighted by atomic mass is 32.2. The van der Waals surface area contributed by atoms with Crippen molar-refractivity contribution in [2.45, 2.75) is 82.2 Å². The van der Waals surface area contributed by atoms with Crippen LogP contribution >= 0.6 is 0 Å². The maximum atomic E-state index is 14.0. The van der Waals surface area contributed by atoms with Crippen molar-refractivity contribution in [1.29, 1.82) is 0 Å². The van der Waals surface area contributed by atoms with Crippen molar-refractivity contribution in [1.82, 2.24) is 24.5 Å². The standard InChI is InChI=1S/C40H47N7O4S/c1-38(2)25-29-26-46(38)36-30(13-14-33(43-36)47-23-16-34(44-47)51-24-17-31-39(18-19-39)40(31)20-21-40)37(48)45-52(49,50)35-10-6-9-32(42-35)41-22-15-28(29)12-11-27-7-4-3-5-8-27/h3-10,13-14,16,23,28-29,31H,11-12,15,17-22,24-26H2,1-2H3,(H,41,42)(H,45,48). The molecule has 9 rings (SSSR count). The fourth-order valence-electron chi connectivity index (χ4n) is 9.97. The number of amides is 1. The Hall–Kier alpha value is -4.45. The summed E-state index contributed by atoms with van der Waals surface area (Å²) in [5, 5.41) is 7.84. The molecule has 1 amide bonds. The predicted octanol–water partition coefficient (Wildman–Crippen LogP) is 6.41. The number of anilines is 2. The summed E-state index contributed by atoms with van der Waals surface area (Å²) in [5.74, 6) is 2.70. The summed E-state index contributed by atoms with van der Waals surface area (Å²) in [6.07, 6.45) is 12.2. The van der Waals surface area contributed by atoms with Gasteiger partial charge in [-0.3, -0.25) is 4.79 Å². The lowest BCUT2D eigenvalue weighted by molar-refractivity contribution is 0.0981. The van der Waals surface area contributed by atoms with Gasteiger partial charge in [-0.2, -0.15) is 8.42 Å². The Labute approximate surface area is 305 Å². The van der Waals surface area contributed by atoms with Crippen molar-refractivity contribution in [3.8, 4) is 11.7 Å². The van der Waals surface area contributed by atoms with Gasteiger partial charge in [-0.05, 0) is 130 Å². The van der Waals surface area contributed by atoms with Gasteiger partial charge in [0.05, 0.1) is 12.2 Å². The Balaban J connectivity index is 1.02. The Kier molecular flexibility index (Phi) is 7.91. The second-order valence-electron chi connectivity index (χ2n) is 16.3. The van der Waals surface area contributed by atoms with Crippen molar-refractivity contribution in [3.05, 3.63) is 84.1 Å². The molecule has 0 radical (unpaired) electrons. The average molecular weight is 722 g/mol. The highest BCUT2D eigenvalue weighted by Crippen LogP contribution is 2.93. The molecule has 4 bridgehead atoms. The quantitative estimate of drug-likeness (QED) is 0.212. The van der Waals surface area contributed by atoms with E-state index in [0.717, 1.165) is 38.0 Å². The van der Waals surface area contributed by atoms with E-state index in [0.29, 0.717) is 65.7 Å². The molecule has 4 fully saturated rings. The SMILES string of the molecule is CC1(C)CC2CN1c1nc(-n3ccc(OCCC4C5(CC5)C45CC5)n3)ccc1C(=O)NS(=O)(=O)c1cccc(n1)NCCC2CCc1ccccc1. The molecule has 52 heavy (non-hydrogen) atoms. The number of carbonyl (C=O) groups excluding carboxylic acids is 1. The molecule has 2 unspecified atom stereocenters. The number of sulfonamides is 1. The van der Waals surface area contributed by atoms with Crippen LogP contribution in [0.3, 0.4) is 0 Å². The Morgan fingerprint density at radius 2 is 1.71 bits per heavy atom. The number of benzene rings is 1. The lowest BCUT2D eigenvalue weighted by atomic mass is 9.81. The number of rotatable bonds is 8. The number of ether oxygens (including phenoxy) is 1. The Morgan fingerprint density at radius 3 is 2.48 bits per heavy atom. The van der Waals surface area contributed by atoms with Crippen LogP contribution in [0.25, 0.3) is 5.82 Å². The summed E-state index contributed by atoms with van der Waals surface area (Å²) in [7, 11) is -4.27. The van der Waals surface area contributed by atoms with Crippen LogP contribution in [0.15, 0.2) is 78.0 Å². The summed E-state index contributed by atoms with van der Waals surface area (Å²) in [5.41, 5.74) is 2.44. The molecule has 1 saturated heterocycles. The van der Waals surface area contributed by atoms with Gasteiger partial charge < -0.3 is 15.0 Å². The third-order valence-corrected chi connectivity index (χ3v) is 14.1. The summed E-state index contributed by atoms with van der Waals surface area (Å²) >= 11 is 0. The third-order valence-electron chi connectivity index (χ3n) is 12.9. The fourth-order valence-corrected chi connectivity index (χ4v) is 10.9. The summed E-state index contributed by atoms with van der Waals surface area (Å²) in [6.45, 7) is 6.34. The molecule has 272 valence electrons. The van der Waals surface area contributed by atoms with Crippen molar-refractivity contribution in [2.24, 2.45) is 28.6 Å². The molecule has 2 spiro atoms. The van der Waals surface area contributed by atoms with Crippen LogP contribution in [0.2, 0.25) is 0 Å². The number of hydrogen-bond acceptors (Lipinski definition) is 9. The topological polar surface area (TPSA) is 131 Å². The van der Waals surface area contributed by atoms with Crippen molar-refractivity contribution in [2.75, 3.05) is 29.9 Å². The number of hydrogen-bond donors (Lipinski definition) is 2. The summed E-state index contributed by atoms with van der Waals surface area (Å²) in [6, 6.07) is 20.6. The number of fused-ring (bicyclic) bond motifs is 7. The summed E-state index contributed by atoms with van der Waals surface area (Å²) in [4.78, 5) is 25.6. The lowest BCUT2D eigenvalue weighted by Gasteiger charge is -2.34. The first-order valence-corrected chi connectivity index (χ1v) is 20.3. The van der Waals surface area contributed by atoms with Gasteiger partial charge >= 0.3 is 0 Å². The first kappa shape index (κ1) is 33.4. The minimum atomic E-state index is -4.27. The molecule has 3 aliphatic carbocycles. The Morgan fingerprint density at radius 1 is 0.923 bits per heavy atom. The van der Waals surface area contributed by atoms with Gasteiger partial charge in [0, 0.05) is 30.9 Å². The molecule has 2 N–H and O–H groups in total. The predicted molar refractivity (Wildman–Crippen MR) is 198 cm³/mol. The van der Waals surface area contributed by atoms with Crippen LogP contribution in [-0.4, -0.2) is 59.3 Å². The van der Waals surface area contributed by atoms with Crippen LogP contribution in [-0.2, 0) is 16.4 Å². The average Bonchev–Trinajstić information content (AvgIpc) is 4.09. The minimum absolute atomic E-state index is 0.183. The molecule has 3 saturated carbocycles. The maximum absolute atomic E-state index is 14.0. The molecular weight excluding hydrogens is 675 g/mol. The number of pyridine rings is 2. The summed E-state index contributed by atoms with van der Waals surface area (Å²) < 4.78 is 37.1. The first-order chi connectivity index (χ1) is 25.1. The van der Waals surface area contributed by atoms with Crippen LogP contribution in [0, 0.1) is 28.6 Å². The molecule has 1 aromatic carbocycles. The number of carbonyl (C=O) groups is 1. The monoisotopic (exact) mass is 721 g/mol. The minimum Gasteiger partial charge on any atom is -0.477 e. The van der Waals surface area contributed by atoms with Gasteiger partial charge in [0.1, 0.15) is 11.6 Å². The molecule has 12 heteroatoms. The van der Waals surface area contributed by atoms with E-state index in [1.54, 1.807) is 28.9 Å². The first-order valence-electron chi connectivity index (χ1n) is 18.9. The Bertz CT molecular complexity index is 2090. The molecule has 11 nitrogen and oxygen atoms in total. The highest BCUT2D eigenvalue weighted by Gasteiger charge is 2.85. The van der Waals surface area contributed by atoms with Crippen molar-refractivity contribution < 1.29 is 17.9 Å². The third kappa shape index (κ3) is 5.92. The smallest absolute Gasteiger partial charge is 0.281 e. The van der Waals surface area contributed by atoms with E-state index in [4.69, 9.17) is 14.8 Å². The molecule has 2 atom stereocenters. The van der Waals surface area contributed by atoms with E-state index in [-0.39, 0.29) is 16.1 Å². The molecule has 5 aliphatic rings. The number of aromatic nitrogens is 4. The zero-order valence-electron chi connectivity index (χ0n) is 29.9. The van der Waals surface area contributed by atoms with Gasteiger partial charge in [0.25, 0.3) is 15.9 Å². The van der Waals surface area contributed by atoms with E-state index < -0.39 is 15.9 Å². The van der Waals surface area contributed by atoms with E-state index >= 15 is 0 Å². The normalized spacial score (nSPS) is 24.7. The fraction of sp³-hybridized carbons (Fsp3) is 0.500. The molecule has 5 heterocycles. The van der Waals surface area contributed by atoms with Gasteiger partial charge in [-0.1, -0.05) is 36.4 Å². The zero-order valence-corrected chi connectivity index (χ0v) is 30.7. The van der Waals surface area contributed by atoms with E-state index in [1.165, 1.54) is 37.3 Å². The van der Waals surface area contributed by atoms with Crippen LogP contribution < -0.4 is 19.7 Å². The van der Waals surface area contributed by atoms with E-state index in [1.807, 2.05) is 18.3 Å². The lowest BCUT2D eigenvalue weighted by Crippen LogP contribution is -2.41.